The number of carbonyl (C=O) groups is 1. The summed E-state index contributed by atoms with van der Waals surface area (Å²) in [5, 5.41) is 7.75. The molecule has 0 atom stereocenters. The molecule has 164 valence electrons. The first-order chi connectivity index (χ1) is 15.9. The molecule has 5 rings (SSSR count). The maximum Gasteiger partial charge on any atom is 0.296 e. The van der Waals surface area contributed by atoms with Gasteiger partial charge in [0.2, 0.25) is 11.5 Å². The molecule has 0 bridgehead atoms. The minimum Gasteiger partial charge on any atom is -0.319 e. The summed E-state index contributed by atoms with van der Waals surface area (Å²) in [6, 6.07) is 20.5. The van der Waals surface area contributed by atoms with E-state index in [1.165, 1.54) is 4.52 Å². The number of anilines is 1. The summed E-state index contributed by atoms with van der Waals surface area (Å²) in [4.78, 5) is 30.6. The first-order valence-electron chi connectivity index (χ1n) is 10.4. The number of benzene rings is 3. The Balaban J connectivity index is 1.64. The lowest BCUT2D eigenvalue weighted by Gasteiger charge is -2.12. The van der Waals surface area contributed by atoms with Crippen molar-refractivity contribution in [3.05, 3.63) is 105 Å². The first kappa shape index (κ1) is 20.9. The van der Waals surface area contributed by atoms with E-state index in [9.17, 15) is 9.59 Å². The van der Waals surface area contributed by atoms with Crippen molar-refractivity contribution in [1.29, 1.82) is 0 Å². The van der Waals surface area contributed by atoms with Crippen LogP contribution in [0.5, 0.6) is 0 Å². The van der Waals surface area contributed by atoms with E-state index in [1.807, 2.05) is 62.4 Å². The molecule has 3 aromatic carbocycles. The van der Waals surface area contributed by atoms with Crippen LogP contribution in [-0.4, -0.2) is 25.1 Å². The fraction of sp³-hybridized carbons (Fsp3) is 0.120. The fourth-order valence-electron chi connectivity index (χ4n) is 3.77. The molecular weight excluding hydrogens is 438 g/mol. The minimum absolute atomic E-state index is 0.0740. The average Bonchev–Trinajstić information content (AvgIpc) is 3.24. The van der Waals surface area contributed by atoms with Crippen LogP contribution in [-0.2, 0) is 6.54 Å². The monoisotopic (exact) mass is 457 g/mol. The Labute approximate surface area is 194 Å². The zero-order valence-electron chi connectivity index (χ0n) is 18.0. The van der Waals surface area contributed by atoms with Crippen molar-refractivity contribution in [3.63, 3.8) is 0 Å². The SMILES string of the molecule is Cc1ccc(NC(=O)c2nc3c(=O)n(Cc4cccc(Cl)c4)c4cc(C)ccc4n3n2)cc1. The molecule has 0 radical (unpaired) electrons. The number of fused-ring (bicyclic) bond motifs is 3. The molecule has 7 nitrogen and oxygen atoms in total. The van der Waals surface area contributed by atoms with Crippen LogP contribution in [0.2, 0.25) is 5.02 Å². The Morgan fingerprint density at radius 1 is 0.970 bits per heavy atom. The molecule has 0 aliphatic heterocycles. The van der Waals surface area contributed by atoms with Crippen LogP contribution < -0.4 is 10.9 Å². The third-order valence-corrected chi connectivity index (χ3v) is 5.67. The normalized spacial score (nSPS) is 11.2. The maximum atomic E-state index is 13.4. The molecule has 5 aromatic rings. The molecule has 0 fully saturated rings. The fourth-order valence-corrected chi connectivity index (χ4v) is 3.99. The van der Waals surface area contributed by atoms with Gasteiger partial charge in [0.1, 0.15) is 0 Å². The molecule has 1 N–H and O–H groups in total. The molecular formula is C25H20ClN5O2. The number of nitrogens with zero attached hydrogens (tertiary/aromatic N) is 4. The predicted molar refractivity (Wildman–Crippen MR) is 129 cm³/mol. The summed E-state index contributed by atoms with van der Waals surface area (Å²) < 4.78 is 3.08. The van der Waals surface area contributed by atoms with E-state index >= 15 is 0 Å². The van der Waals surface area contributed by atoms with Crippen LogP contribution in [0.1, 0.15) is 27.3 Å². The number of aromatic nitrogens is 4. The number of hydrogen-bond acceptors (Lipinski definition) is 4. The van der Waals surface area contributed by atoms with Crippen LogP contribution >= 0.6 is 11.6 Å². The van der Waals surface area contributed by atoms with Gasteiger partial charge in [-0.15, -0.1) is 5.10 Å². The lowest BCUT2D eigenvalue weighted by molar-refractivity contribution is 0.101. The molecule has 0 aliphatic rings. The average molecular weight is 458 g/mol. The zero-order valence-corrected chi connectivity index (χ0v) is 18.8. The van der Waals surface area contributed by atoms with Gasteiger partial charge in [0.15, 0.2) is 0 Å². The molecule has 33 heavy (non-hydrogen) atoms. The van der Waals surface area contributed by atoms with Gasteiger partial charge in [-0.2, -0.15) is 4.98 Å². The highest BCUT2D eigenvalue weighted by Gasteiger charge is 2.19. The highest BCUT2D eigenvalue weighted by molar-refractivity contribution is 6.30. The van der Waals surface area contributed by atoms with Crippen molar-refractivity contribution in [2.75, 3.05) is 5.32 Å². The minimum atomic E-state index is -0.483. The molecule has 0 spiro atoms. The number of carbonyl (C=O) groups excluding carboxylic acids is 1. The Morgan fingerprint density at radius 2 is 1.73 bits per heavy atom. The molecule has 8 heteroatoms. The van der Waals surface area contributed by atoms with Gasteiger partial charge in [0, 0.05) is 10.7 Å². The topological polar surface area (TPSA) is 81.3 Å². The number of nitrogens with one attached hydrogen (secondary N) is 1. The van der Waals surface area contributed by atoms with Gasteiger partial charge in [-0.25, -0.2) is 4.52 Å². The quantitative estimate of drug-likeness (QED) is 0.427. The first-order valence-corrected chi connectivity index (χ1v) is 10.8. The van der Waals surface area contributed by atoms with Crippen molar-refractivity contribution in [1.82, 2.24) is 19.2 Å². The highest BCUT2D eigenvalue weighted by atomic mass is 35.5. The second kappa shape index (κ2) is 8.18. The van der Waals surface area contributed by atoms with Crippen molar-refractivity contribution in [2.24, 2.45) is 0 Å². The van der Waals surface area contributed by atoms with Crippen molar-refractivity contribution in [3.8, 4) is 0 Å². The third-order valence-electron chi connectivity index (χ3n) is 5.44. The molecule has 0 saturated carbocycles. The van der Waals surface area contributed by atoms with Crippen LogP contribution in [0.25, 0.3) is 16.7 Å². The van der Waals surface area contributed by atoms with Gasteiger partial charge >= 0.3 is 0 Å². The van der Waals surface area contributed by atoms with Gasteiger partial charge in [0.05, 0.1) is 17.6 Å². The van der Waals surface area contributed by atoms with Gasteiger partial charge in [0.25, 0.3) is 11.5 Å². The Morgan fingerprint density at radius 3 is 2.48 bits per heavy atom. The van der Waals surface area contributed by atoms with Crippen molar-refractivity contribution >= 4 is 39.9 Å². The van der Waals surface area contributed by atoms with Gasteiger partial charge < -0.3 is 5.32 Å². The van der Waals surface area contributed by atoms with E-state index in [-0.39, 0.29) is 17.0 Å². The van der Waals surface area contributed by atoms with E-state index in [0.29, 0.717) is 28.3 Å². The van der Waals surface area contributed by atoms with E-state index in [0.717, 1.165) is 16.7 Å². The summed E-state index contributed by atoms with van der Waals surface area (Å²) in [6.07, 6.45) is 0. The van der Waals surface area contributed by atoms with Crippen LogP contribution in [0.3, 0.4) is 0 Å². The summed E-state index contributed by atoms with van der Waals surface area (Å²) in [5.41, 5.74) is 4.72. The molecule has 1 amide bonds. The lowest BCUT2D eigenvalue weighted by atomic mass is 10.2. The summed E-state index contributed by atoms with van der Waals surface area (Å²) >= 11 is 6.14. The third kappa shape index (κ3) is 3.99. The van der Waals surface area contributed by atoms with Gasteiger partial charge in [-0.3, -0.25) is 14.2 Å². The van der Waals surface area contributed by atoms with Gasteiger partial charge in [-0.1, -0.05) is 47.5 Å². The molecule has 0 aliphatic carbocycles. The largest absolute Gasteiger partial charge is 0.319 e. The second-order valence-electron chi connectivity index (χ2n) is 8.00. The number of halogens is 1. The highest BCUT2D eigenvalue weighted by Crippen LogP contribution is 2.19. The lowest BCUT2D eigenvalue weighted by Crippen LogP contribution is -2.24. The summed E-state index contributed by atoms with van der Waals surface area (Å²) in [7, 11) is 0. The molecule has 2 heterocycles. The molecule has 0 saturated heterocycles. The second-order valence-corrected chi connectivity index (χ2v) is 8.44. The standard InChI is InChI=1S/C25H20ClN5O2/c1-15-6-9-19(10-7-15)27-24(32)22-28-23-25(33)30(14-17-4-3-5-18(26)13-17)21-12-16(2)8-11-20(21)31(23)29-22/h3-13H,14H2,1-2H3,(H,27,32). The number of rotatable bonds is 4. The Bertz CT molecular complexity index is 1590. The Hall–Kier alpha value is -3.97. The molecule has 0 unspecified atom stereocenters. The summed E-state index contributed by atoms with van der Waals surface area (Å²) in [5.74, 6) is -0.557. The van der Waals surface area contributed by atoms with E-state index in [2.05, 4.69) is 15.4 Å². The number of amides is 1. The zero-order chi connectivity index (χ0) is 23.1. The van der Waals surface area contributed by atoms with Crippen molar-refractivity contribution in [2.45, 2.75) is 20.4 Å². The van der Waals surface area contributed by atoms with Crippen LogP contribution in [0, 0.1) is 13.8 Å². The van der Waals surface area contributed by atoms with E-state index < -0.39 is 5.91 Å². The molecule has 2 aromatic heterocycles. The number of aryl methyl sites for hydroxylation is 2. The van der Waals surface area contributed by atoms with Crippen molar-refractivity contribution < 1.29 is 4.79 Å². The Kier molecular flexibility index (Phi) is 5.18. The smallest absolute Gasteiger partial charge is 0.296 e. The number of hydrogen-bond donors (Lipinski definition) is 1. The maximum absolute atomic E-state index is 13.4. The van der Waals surface area contributed by atoms with Crippen LogP contribution in [0.4, 0.5) is 5.69 Å². The van der Waals surface area contributed by atoms with E-state index in [1.54, 1.807) is 22.8 Å². The van der Waals surface area contributed by atoms with E-state index in [4.69, 9.17) is 11.6 Å². The summed E-state index contributed by atoms with van der Waals surface area (Å²) in [6.45, 7) is 4.24. The predicted octanol–water partition coefficient (Wildman–Crippen LogP) is 4.62. The van der Waals surface area contributed by atoms with Crippen LogP contribution in [0.15, 0.2) is 71.5 Å². The van der Waals surface area contributed by atoms with Gasteiger partial charge in [-0.05, 0) is 61.4 Å².